The lowest BCUT2D eigenvalue weighted by molar-refractivity contribution is -0.121. The van der Waals surface area contributed by atoms with Gasteiger partial charge in [-0.25, -0.2) is 9.69 Å². The molecule has 0 saturated carbocycles. The average Bonchev–Trinajstić information content (AvgIpc) is 2.78. The van der Waals surface area contributed by atoms with Gasteiger partial charge in [0.05, 0.1) is 17.8 Å². The minimum atomic E-state index is -0.484. The molecule has 2 atom stereocenters. The Morgan fingerprint density at radius 3 is 2.62 bits per heavy atom. The molecule has 1 aromatic carbocycles. The third-order valence-corrected chi connectivity index (χ3v) is 4.10. The van der Waals surface area contributed by atoms with Crippen molar-refractivity contribution in [3.63, 3.8) is 0 Å². The predicted octanol–water partition coefficient (Wildman–Crippen LogP) is 1.05. The first-order chi connectivity index (χ1) is 10.1. The highest BCUT2D eigenvalue weighted by Crippen LogP contribution is 2.27. The third-order valence-electron chi connectivity index (χ3n) is 4.10. The summed E-state index contributed by atoms with van der Waals surface area (Å²) in [5.41, 5.74) is 0.599. The van der Waals surface area contributed by atoms with Crippen molar-refractivity contribution in [2.24, 2.45) is 0 Å². The van der Waals surface area contributed by atoms with Crippen LogP contribution in [0.2, 0.25) is 0 Å². The molecule has 2 unspecified atom stereocenters. The first-order valence-corrected chi connectivity index (χ1v) is 6.96. The summed E-state index contributed by atoms with van der Waals surface area (Å²) < 4.78 is 0. The number of carbonyl (C=O) groups is 2. The lowest BCUT2D eigenvalue weighted by Crippen LogP contribution is -2.55. The lowest BCUT2D eigenvalue weighted by Gasteiger charge is -2.36. The van der Waals surface area contributed by atoms with Gasteiger partial charge in [0.25, 0.3) is 5.91 Å². The Morgan fingerprint density at radius 1 is 1.24 bits per heavy atom. The minimum absolute atomic E-state index is 0.207. The number of nitriles is 1. The van der Waals surface area contributed by atoms with Crippen LogP contribution in [0.1, 0.15) is 6.92 Å². The standard InChI is InChI=1S/C15H16N4O2/c1-11(9-16)17-7-8-18-13(10-17)14(20)19(15(18)21)12-5-3-2-4-6-12/h2-6,11,13H,7-8,10H2,1H3. The summed E-state index contributed by atoms with van der Waals surface area (Å²) in [5, 5.41) is 9.01. The van der Waals surface area contributed by atoms with Gasteiger partial charge in [-0.2, -0.15) is 5.26 Å². The summed E-state index contributed by atoms with van der Waals surface area (Å²) in [6.45, 7) is 3.33. The fourth-order valence-corrected chi connectivity index (χ4v) is 2.86. The van der Waals surface area contributed by atoms with E-state index in [-0.39, 0.29) is 18.0 Å². The fraction of sp³-hybridized carbons (Fsp3) is 0.400. The average molecular weight is 284 g/mol. The van der Waals surface area contributed by atoms with Crippen molar-refractivity contribution in [3.8, 4) is 6.07 Å². The van der Waals surface area contributed by atoms with E-state index in [0.29, 0.717) is 25.3 Å². The number of fused-ring (bicyclic) bond motifs is 1. The van der Waals surface area contributed by atoms with Crippen LogP contribution in [-0.4, -0.2) is 53.5 Å². The molecular weight excluding hydrogens is 268 g/mol. The number of imide groups is 1. The quantitative estimate of drug-likeness (QED) is 0.761. The molecule has 2 aliphatic heterocycles. The number of benzene rings is 1. The van der Waals surface area contributed by atoms with Crippen molar-refractivity contribution in [2.75, 3.05) is 24.5 Å². The Morgan fingerprint density at radius 2 is 1.95 bits per heavy atom. The van der Waals surface area contributed by atoms with Gasteiger partial charge < -0.3 is 4.90 Å². The Balaban J connectivity index is 1.86. The molecule has 2 saturated heterocycles. The Kier molecular flexibility index (Phi) is 3.35. The molecule has 1 aromatic rings. The maximum atomic E-state index is 12.6. The number of hydrogen-bond donors (Lipinski definition) is 0. The number of urea groups is 1. The Hall–Kier alpha value is -2.39. The van der Waals surface area contributed by atoms with E-state index >= 15 is 0 Å². The maximum absolute atomic E-state index is 12.6. The highest BCUT2D eigenvalue weighted by atomic mass is 16.2. The summed E-state index contributed by atoms with van der Waals surface area (Å²) >= 11 is 0. The second-order valence-electron chi connectivity index (χ2n) is 5.30. The molecule has 3 rings (SSSR count). The molecule has 0 aromatic heterocycles. The van der Waals surface area contributed by atoms with Crippen LogP contribution in [0.25, 0.3) is 0 Å². The zero-order valence-corrected chi connectivity index (χ0v) is 11.8. The van der Waals surface area contributed by atoms with E-state index in [1.165, 1.54) is 4.90 Å². The summed E-state index contributed by atoms with van der Waals surface area (Å²) in [4.78, 5) is 29.8. The molecule has 21 heavy (non-hydrogen) atoms. The summed E-state index contributed by atoms with van der Waals surface area (Å²) in [6, 6.07) is 10.1. The SMILES string of the molecule is CC(C#N)N1CCN2C(=O)N(c3ccccc3)C(=O)C2C1. The molecule has 0 radical (unpaired) electrons. The molecule has 6 nitrogen and oxygen atoms in total. The molecule has 2 fully saturated rings. The molecule has 2 aliphatic rings. The van der Waals surface area contributed by atoms with Crippen molar-refractivity contribution in [2.45, 2.75) is 19.0 Å². The number of para-hydroxylation sites is 1. The Bertz CT molecular complexity index is 610. The van der Waals surface area contributed by atoms with E-state index in [2.05, 4.69) is 6.07 Å². The van der Waals surface area contributed by atoms with Gasteiger partial charge in [-0.05, 0) is 19.1 Å². The number of piperazine rings is 1. The van der Waals surface area contributed by atoms with Gasteiger partial charge in [-0.3, -0.25) is 9.69 Å². The molecule has 0 bridgehead atoms. The molecule has 2 heterocycles. The minimum Gasteiger partial charge on any atom is -0.309 e. The van der Waals surface area contributed by atoms with Crippen LogP contribution >= 0.6 is 0 Å². The molecule has 0 N–H and O–H groups in total. The normalized spacial score (nSPS) is 23.9. The summed E-state index contributed by atoms with van der Waals surface area (Å²) in [6.07, 6.45) is 0. The van der Waals surface area contributed by atoms with Crippen LogP contribution < -0.4 is 4.90 Å². The number of anilines is 1. The first kappa shape index (κ1) is 13.6. The number of nitrogens with zero attached hydrogens (tertiary/aromatic N) is 4. The number of rotatable bonds is 2. The molecule has 0 aliphatic carbocycles. The third kappa shape index (κ3) is 2.16. The van der Waals surface area contributed by atoms with E-state index in [0.717, 1.165) is 0 Å². The van der Waals surface area contributed by atoms with Crippen LogP contribution in [0.3, 0.4) is 0 Å². The van der Waals surface area contributed by atoms with Crippen LogP contribution in [0.5, 0.6) is 0 Å². The summed E-state index contributed by atoms with van der Waals surface area (Å²) in [7, 11) is 0. The van der Waals surface area contributed by atoms with Gasteiger partial charge in [0.15, 0.2) is 0 Å². The topological polar surface area (TPSA) is 67.7 Å². The smallest absolute Gasteiger partial charge is 0.309 e. The molecule has 0 spiro atoms. The highest BCUT2D eigenvalue weighted by molar-refractivity contribution is 6.21. The second kappa shape index (κ2) is 5.19. The van der Waals surface area contributed by atoms with Gasteiger partial charge in [0.1, 0.15) is 6.04 Å². The van der Waals surface area contributed by atoms with Crippen molar-refractivity contribution in [1.29, 1.82) is 5.26 Å². The van der Waals surface area contributed by atoms with Crippen LogP contribution in [-0.2, 0) is 4.79 Å². The maximum Gasteiger partial charge on any atom is 0.332 e. The van der Waals surface area contributed by atoms with Crippen molar-refractivity contribution in [1.82, 2.24) is 9.80 Å². The van der Waals surface area contributed by atoms with Crippen LogP contribution in [0.4, 0.5) is 10.5 Å². The van der Waals surface area contributed by atoms with Crippen LogP contribution in [0.15, 0.2) is 30.3 Å². The van der Waals surface area contributed by atoms with E-state index in [9.17, 15) is 9.59 Å². The zero-order chi connectivity index (χ0) is 15.0. The lowest BCUT2D eigenvalue weighted by atomic mass is 10.1. The molecule has 3 amide bonds. The molecule has 6 heteroatoms. The molecule has 108 valence electrons. The zero-order valence-electron chi connectivity index (χ0n) is 11.8. The number of hydrogen-bond acceptors (Lipinski definition) is 4. The van der Waals surface area contributed by atoms with E-state index in [4.69, 9.17) is 5.26 Å². The summed E-state index contributed by atoms with van der Waals surface area (Å²) in [5.74, 6) is -0.207. The van der Waals surface area contributed by atoms with Gasteiger partial charge in [-0.15, -0.1) is 0 Å². The molecular formula is C15H16N4O2. The van der Waals surface area contributed by atoms with E-state index < -0.39 is 6.04 Å². The van der Waals surface area contributed by atoms with Gasteiger partial charge >= 0.3 is 6.03 Å². The fourth-order valence-electron chi connectivity index (χ4n) is 2.86. The Labute approximate surface area is 123 Å². The van der Waals surface area contributed by atoms with Crippen LogP contribution in [0, 0.1) is 11.3 Å². The second-order valence-corrected chi connectivity index (χ2v) is 5.30. The number of amides is 3. The predicted molar refractivity (Wildman–Crippen MR) is 76.5 cm³/mol. The van der Waals surface area contributed by atoms with Gasteiger partial charge in [0.2, 0.25) is 0 Å². The van der Waals surface area contributed by atoms with Crippen molar-refractivity contribution < 1.29 is 9.59 Å². The first-order valence-electron chi connectivity index (χ1n) is 6.96. The monoisotopic (exact) mass is 284 g/mol. The largest absolute Gasteiger partial charge is 0.332 e. The number of carbonyl (C=O) groups excluding carboxylic acids is 2. The van der Waals surface area contributed by atoms with Gasteiger partial charge in [-0.1, -0.05) is 18.2 Å². The highest BCUT2D eigenvalue weighted by Gasteiger charge is 2.48. The van der Waals surface area contributed by atoms with Crippen molar-refractivity contribution in [3.05, 3.63) is 30.3 Å². The van der Waals surface area contributed by atoms with E-state index in [1.807, 2.05) is 17.9 Å². The van der Waals surface area contributed by atoms with Crippen molar-refractivity contribution >= 4 is 17.6 Å². The van der Waals surface area contributed by atoms with E-state index in [1.54, 1.807) is 29.2 Å². The van der Waals surface area contributed by atoms with Gasteiger partial charge in [0, 0.05) is 19.6 Å².